The molecular formula is C35H36F3N3O8S. The lowest BCUT2D eigenvalue weighted by atomic mass is 9.91. The number of rotatable bonds is 12. The zero-order valence-electron chi connectivity index (χ0n) is 27.3. The van der Waals surface area contributed by atoms with Crippen LogP contribution in [0.15, 0.2) is 83.9 Å². The lowest BCUT2D eigenvalue weighted by Crippen LogP contribution is -2.53. The fourth-order valence-electron chi connectivity index (χ4n) is 6.22. The van der Waals surface area contributed by atoms with E-state index in [0.29, 0.717) is 5.56 Å². The van der Waals surface area contributed by atoms with Crippen LogP contribution in [0.4, 0.5) is 18.9 Å². The number of carbonyl (C=O) groups is 1. The van der Waals surface area contributed by atoms with E-state index in [1.807, 2.05) is 0 Å². The number of esters is 1. The number of halogens is 3. The van der Waals surface area contributed by atoms with Crippen LogP contribution in [-0.2, 0) is 31.5 Å². The maximum atomic E-state index is 14.9. The van der Waals surface area contributed by atoms with Crippen molar-refractivity contribution in [2.45, 2.75) is 48.2 Å². The molecule has 3 aromatic carbocycles. The Bertz CT molecular complexity index is 2010. The van der Waals surface area contributed by atoms with E-state index in [4.69, 9.17) is 9.47 Å². The third kappa shape index (κ3) is 7.54. The van der Waals surface area contributed by atoms with Gasteiger partial charge in [0, 0.05) is 48.4 Å². The second-order valence-corrected chi connectivity index (χ2v) is 14.2. The average molecular weight is 716 g/mol. The molecule has 2 heterocycles. The minimum Gasteiger partial charge on any atom is -0.495 e. The third-order valence-electron chi connectivity index (χ3n) is 8.81. The average Bonchev–Trinajstić information content (AvgIpc) is 3.45. The summed E-state index contributed by atoms with van der Waals surface area (Å²) in [5.41, 5.74) is -2.76. The zero-order chi connectivity index (χ0) is 36.3. The summed E-state index contributed by atoms with van der Waals surface area (Å²) >= 11 is 0. The maximum Gasteiger partial charge on any atom is 0.422 e. The van der Waals surface area contributed by atoms with Gasteiger partial charge in [0.1, 0.15) is 10.6 Å². The SMILES string of the molecule is CCOC(=O)/C=C/c1ccc(S(=O)(=O)C2CCN(CC(O)(c3cn(Cc4ccccc4)c4cc([N+](=O)[O-])ccc34)C(F)(F)F)CC2)c(OC)c1. The van der Waals surface area contributed by atoms with E-state index in [1.54, 1.807) is 37.3 Å². The predicted molar refractivity (Wildman–Crippen MR) is 179 cm³/mol. The highest BCUT2D eigenvalue weighted by atomic mass is 32.2. The molecule has 50 heavy (non-hydrogen) atoms. The molecule has 1 aliphatic heterocycles. The van der Waals surface area contributed by atoms with Gasteiger partial charge in [-0.3, -0.25) is 15.0 Å². The Balaban J connectivity index is 1.39. The number of fused-ring (bicyclic) bond motifs is 1. The van der Waals surface area contributed by atoms with Gasteiger partial charge in [-0.15, -0.1) is 0 Å². The number of aliphatic hydroxyl groups is 1. The van der Waals surface area contributed by atoms with Crippen LogP contribution in [0, 0.1) is 10.1 Å². The molecule has 1 saturated heterocycles. The highest BCUT2D eigenvalue weighted by Crippen LogP contribution is 2.44. The molecule has 266 valence electrons. The van der Waals surface area contributed by atoms with E-state index in [0.717, 1.165) is 11.6 Å². The molecule has 0 amide bonds. The lowest BCUT2D eigenvalue weighted by Gasteiger charge is -2.38. The number of hydrogen-bond donors (Lipinski definition) is 1. The number of methoxy groups -OCH3 is 1. The van der Waals surface area contributed by atoms with Gasteiger partial charge in [0.2, 0.25) is 5.60 Å². The number of hydrogen-bond acceptors (Lipinski definition) is 9. The van der Waals surface area contributed by atoms with Crippen molar-refractivity contribution in [3.8, 4) is 5.75 Å². The molecule has 0 spiro atoms. The summed E-state index contributed by atoms with van der Waals surface area (Å²) in [7, 11) is -2.68. The molecule has 1 fully saturated rings. The van der Waals surface area contributed by atoms with Crippen molar-refractivity contribution in [3.63, 3.8) is 0 Å². The summed E-state index contributed by atoms with van der Waals surface area (Å²) in [6.45, 7) is 0.971. The van der Waals surface area contributed by atoms with Crippen LogP contribution < -0.4 is 4.74 Å². The Morgan fingerprint density at radius 2 is 1.78 bits per heavy atom. The fourth-order valence-corrected chi connectivity index (χ4v) is 8.09. The molecule has 11 nitrogen and oxygen atoms in total. The number of piperidine rings is 1. The maximum absolute atomic E-state index is 14.9. The highest BCUT2D eigenvalue weighted by Gasteiger charge is 2.57. The molecule has 0 saturated carbocycles. The smallest absolute Gasteiger partial charge is 0.422 e. The first-order valence-electron chi connectivity index (χ1n) is 15.8. The summed E-state index contributed by atoms with van der Waals surface area (Å²) in [6, 6.07) is 16.7. The van der Waals surface area contributed by atoms with Crippen LogP contribution in [0.2, 0.25) is 0 Å². The van der Waals surface area contributed by atoms with Gasteiger partial charge in [0.25, 0.3) is 5.69 Å². The molecule has 0 bridgehead atoms. The molecule has 1 aliphatic rings. The van der Waals surface area contributed by atoms with E-state index in [2.05, 4.69) is 0 Å². The van der Waals surface area contributed by atoms with Crippen molar-refractivity contribution in [1.82, 2.24) is 9.47 Å². The number of sulfone groups is 1. The summed E-state index contributed by atoms with van der Waals surface area (Å²) in [5.74, 6) is -0.508. The minimum absolute atomic E-state index is 0.00804. The number of nitro benzene ring substituents is 1. The largest absolute Gasteiger partial charge is 0.495 e. The van der Waals surface area contributed by atoms with Gasteiger partial charge in [0.05, 0.1) is 29.4 Å². The van der Waals surface area contributed by atoms with Gasteiger partial charge in [-0.05, 0) is 68.3 Å². The predicted octanol–water partition coefficient (Wildman–Crippen LogP) is 5.87. The zero-order valence-corrected chi connectivity index (χ0v) is 28.1. The van der Waals surface area contributed by atoms with E-state index in [9.17, 15) is 41.6 Å². The number of likely N-dealkylation sites (tertiary alicyclic amines) is 1. The number of nitrogens with zero attached hydrogens (tertiary/aromatic N) is 3. The van der Waals surface area contributed by atoms with Crippen molar-refractivity contribution in [2.75, 3.05) is 33.4 Å². The lowest BCUT2D eigenvalue weighted by molar-refractivity contribution is -0.384. The summed E-state index contributed by atoms with van der Waals surface area (Å²) in [5, 5.41) is 22.2. The first-order chi connectivity index (χ1) is 23.7. The standard InChI is InChI=1S/C35H36F3N3O8S/c1-3-49-33(42)14-10-24-9-13-32(31(19-24)48-2)50(46,47)27-15-17-39(18-16-27)23-34(43,35(36,37)38)29-22-40(21-25-7-5-4-6-8-25)30-20-26(41(44)45)11-12-28(29)30/h4-14,19-20,22,27,43H,3,15-18,21,23H2,1-2H3/b14-10+. The number of non-ortho nitro benzene ring substituents is 1. The van der Waals surface area contributed by atoms with Gasteiger partial charge < -0.3 is 19.1 Å². The highest BCUT2D eigenvalue weighted by molar-refractivity contribution is 7.92. The summed E-state index contributed by atoms with van der Waals surface area (Å²) in [4.78, 5) is 23.9. The van der Waals surface area contributed by atoms with E-state index >= 15 is 0 Å². The van der Waals surface area contributed by atoms with Gasteiger partial charge >= 0.3 is 12.1 Å². The minimum atomic E-state index is -5.15. The molecule has 1 aromatic heterocycles. The number of carbonyl (C=O) groups excluding carboxylic acids is 1. The van der Waals surface area contributed by atoms with Crippen LogP contribution in [0.1, 0.15) is 36.5 Å². The van der Waals surface area contributed by atoms with Gasteiger partial charge in [-0.1, -0.05) is 36.4 Å². The Labute approximate surface area is 286 Å². The number of alkyl halides is 3. The molecular weight excluding hydrogens is 679 g/mol. The summed E-state index contributed by atoms with van der Waals surface area (Å²) in [6.07, 6.45) is -1.32. The number of aromatic nitrogens is 1. The Kier molecular flexibility index (Phi) is 10.7. The van der Waals surface area contributed by atoms with Crippen molar-refractivity contribution in [1.29, 1.82) is 0 Å². The molecule has 1 N–H and O–H groups in total. The molecule has 5 rings (SSSR count). The van der Waals surface area contributed by atoms with Crippen LogP contribution >= 0.6 is 0 Å². The number of benzene rings is 3. The number of nitro groups is 1. The van der Waals surface area contributed by atoms with Gasteiger partial charge in [-0.25, -0.2) is 13.2 Å². The third-order valence-corrected chi connectivity index (χ3v) is 11.1. The molecule has 4 aromatic rings. The monoisotopic (exact) mass is 715 g/mol. The molecule has 15 heteroatoms. The number of β-amino-alcohol motifs (C(OH)–C–C–N with tert-alkyl or cyclic N) is 1. The van der Waals surface area contributed by atoms with Crippen LogP contribution in [0.3, 0.4) is 0 Å². The Hall–Kier alpha value is -4.73. The Morgan fingerprint density at radius 1 is 1.08 bits per heavy atom. The normalized spacial score (nSPS) is 16.0. The molecule has 0 radical (unpaired) electrons. The van der Waals surface area contributed by atoms with E-state index in [1.165, 1.54) is 65.3 Å². The number of ether oxygens (including phenoxy) is 2. The van der Waals surface area contributed by atoms with Crippen molar-refractivity contribution in [3.05, 3.63) is 106 Å². The topological polar surface area (TPSA) is 141 Å². The van der Waals surface area contributed by atoms with Crippen molar-refractivity contribution < 1.29 is 45.9 Å². The van der Waals surface area contributed by atoms with E-state index in [-0.39, 0.29) is 66.3 Å². The fraction of sp³-hybridized carbons (Fsp3) is 0.343. The van der Waals surface area contributed by atoms with Crippen LogP contribution in [-0.4, -0.2) is 78.7 Å². The van der Waals surface area contributed by atoms with Crippen LogP contribution in [0.5, 0.6) is 5.75 Å². The van der Waals surface area contributed by atoms with Crippen LogP contribution in [0.25, 0.3) is 17.0 Å². The summed E-state index contributed by atoms with van der Waals surface area (Å²) < 4.78 is 83.8. The van der Waals surface area contributed by atoms with Crippen molar-refractivity contribution >= 4 is 38.5 Å². The van der Waals surface area contributed by atoms with Gasteiger partial charge in [-0.2, -0.15) is 13.2 Å². The quantitative estimate of drug-likeness (QED) is 0.0825. The van der Waals surface area contributed by atoms with Gasteiger partial charge in [0.15, 0.2) is 9.84 Å². The van der Waals surface area contributed by atoms with Crippen molar-refractivity contribution in [2.24, 2.45) is 0 Å². The Morgan fingerprint density at radius 3 is 2.40 bits per heavy atom. The first-order valence-corrected chi connectivity index (χ1v) is 17.3. The van der Waals surface area contributed by atoms with E-state index < -0.39 is 49.9 Å². The first kappa shape index (κ1) is 36.5. The molecule has 0 aliphatic carbocycles. The molecule has 1 unspecified atom stereocenters. The second-order valence-electron chi connectivity index (χ2n) is 12.0. The second kappa shape index (κ2) is 14.6. The molecule has 1 atom stereocenters.